The fourth-order valence-corrected chi connectivity index (χ4v) is 2.89. The summed E-state index contributed by atoms with van der Waals surface area (Å²) in [7, 11) is 0. The van der Waals surface area contributed by atoms with Crippen molar-refractivity contribution in [2.45, 2.75) is 45.4 Å². The number of ether oxygens (including phenoxy) is 2. The molecule has 1 fully saturated rings. The van der Waals surface area contributed by atoms with Crippen molar-refractivity contribution in [2.24, 2.45) is 0 Å². The van der Waals surface area contributed by atoms with E-state index in [-0.39, 0.29) is 12.7 Å². The van der Waals surface area contributed by atoms with Gasteiger partial charge in [-0.2, -0.15) is 0 Å². The Kier molecular flexibility index (Phi) is 5.25. The third-order valence-corrected chi connectivity index (χ3v) is 4.00. The Labute approximate surface area is 136 Å². The van der Waals surface area contributed by atoms with Gasteiger partial charge in [0.2, 0.25) is 0 Å². The van der Waals surface area contributed by atoms with E-state index in [1.165, 1.54) is 5.56 Å². The van der Waals surface area contributed by atoms with Crippen molar-refractivity contribution >= 4 is 0 Å². The van der Waals surface area contributed by atoms with Gasteiger partial charge in [0.1, 0.15) is 17.5 Å². The summed E-state index contributed by atoms with van der Waals surface area (Å²) in [5, 5.41) is 17.7. The van der Waals surface area contributed by atoms with Gasteiger partial charge in [-0.3, -0.25) is 0 Å². The fraction of sp³-hybridized carbons (Fsp3) is 0.529. The third kappa shape index (κ3) is 3.89. The van der Waals surface area contributed by atoms with Crippen LogP contribution < -0.4 is 4.74 Å². The molecule has 2 heterocycles. The number of aryl methyl sites for hydroxylation is 2. The van der Waals surface area contributed by atoms with E-state index in [0.29, 0.717) is 18.8 Å². The molecule has 0 bridgehead atoms. The molecule has 1 unspecified atom stereocenters. The Balaban J connectivity index is 1.56. The highest BCUT2D eigenvalue weighted by atomic mass is 16.5. The second-order valence-electron chi connectivity index (χ2n) is 5.82. The molecule has 1 saturated heterocycles. The lowest BCUT2D eigenvalue weighted by Crippen LogP contribution is -2.13. The van der Waals surface area contributed by atoms with E-state index >= 15 is 0 Å². The average Bonchev–Trinajstić information content (AvgIpc) is 3.20. The zero-order valence-electron chi connectivity index (χ0n) is 13.4. The van der Waals surface area contributed by atoms with Crippen LogP contribution >= 0.6 is 0 Å². The largest absolute Gasteiger partial charge is 0.494 e. The van der Waals surface area contributed by atoms with Crippen molar-refractivity contribution in [3.63, 3.8) is 0 Å². The average molecular weight is 317 g/mol. The van der Waals surface area contributed by atoms with Crippen LogP contribution in [-0.4, -0.2) is 33.3 Å². The van der Waals surface area contributed by atoms with Crippen LogP contribution in [0.2, 0.25) is 0 Å². The summed E-state index contributed by atoms with van der Waals surface area (Å²) >= 11 is 0. The molecule has 6 heteroatoms. The predicted molar refractivity (Wildman–Crippen MR) is 85.2 cm³/mol. The molecular weight excluding hydrogens is 294 g/mol. The second kappa shape index (κ2) is 7.57. The van der Waals surface area contributed by atoms with Crippen molar-refractivity contribution in [3.05, 3.63) is 41.2 Å². The van der Waals surface area contributed by atoms with Crippen molar-refractivity contribution < 1.29 is 14.6 Å². The van der Waals surface area contributed by atoms with Crippen molar-refractivity contribution in [1.82, 2.24) is 15.0 Å². The van der Waals surface area contributed by atoms with Gasteiger partial charge in [-0.25, -0.2) is 4.68 Å². The standard InChI is InChI=1S/C17H23N3O3/c1-13-5-2-6-14(11-13)22-10-4-8-20-17(15(12-21)18-19-20)16-7-3-9-23-16/h2,5-6,11,16,21H,3-4,7-10,12H2,1H3. The molecule has 3 rings (SSSR count). The molecule has 1 aliphatic rings. The van der Waals surface area contributed by atoms with E-state index in [1.807, 2.05) is 35.9 Å². The molecule has 0 radical (unpaired) electrons. The van der Waals surface area contributed by atoms with Crippen LogP contribution in [0.1, 0.15) is 42.3 Å². The smallest absolute Gasteiger partial charge is 0.119 e. The van der Waals surface area contributed by atoms with E-state index in [2.05, 4.69) is 10.3 Å². The molecule has 1 aromatic carbocycles. The van der Waals surface area contributed by atoms with Gasteiger partial charge in [-0.05, 0) is 37.5 Å². The SMILES string of the molecule is Cc1cccc(OCCCn2nnc(CO)c2C2CCCO2)c1. The number of aliphatic hydroxyl groups excluding tert-OH is 1. The Morgan fingerprint density at radius 3 is 3.09 bits per heavy atom. The molecule has 0 amide bonds. The first-order chi connectivity index (χ1) is 11.3. The first kappa shape index (κ1) is 16.0. The van der Waals surface area contributed by atoms with Crippen LogP contribution in [-0.2, 0) is 17.9 Å². The topological polar surface area (TPSA) is 69.4 Å². The summed E-state index contributed by atoms with van der Waals surface area (Å²) in [5.41, 5.74) is 2.73. The highest BCUT2D eigenvalue weighted by Crippen LogP contribution is 2.30. The summed E-state index contributed by atoms with van der Waals surface area (Å²) in [5.74, 6) is 0.888. The lowest BCUT2D eigenvalue weighted by molar-refractivity contribution is 0.102. The van der Waals surface area contributed by atoms with Crippen LogP contribution in [0.4, 0.5) is 0 Å². The predicted octanol–water partition coefficient (Wildman–Crippen LogP) is 2.40. The van der Waals surface area contributed by atoms with E-state index < -0.39 is 0 Å². The monoisotopic (exact) mass is 317 g/mol. The van der Waals surface area contributed by atoms with Crippen LogP contribution in [0, 0.1) is 6.92 Å². The molecule has 1 atom stereocenters. The quantitative estimate of drug-likeness (QED) is 0.794. The Morgan fingerprint density at radius 2 is 2.35 bits per heavy atom. The van der Waals surface area contributed by atoms with Gasteiger partial charge >= 0.3 is 0 Å². The van der Waals surface area contributed by atoms with Crippen LogP contribution in [0.5, 0.6) is 5.75 Å². The number of nitrogens with zero attached hydrogens (tertiary/aromatic N) is 3. The fourth-order valence-electron chi connectivity index (χ4n) is 2.89. The minimum absolute atomic E-state index is 0.00448. The molecular formula is C17H23N3O3. The third-order valence-electron chi connectivity index (χ3n) is 4.00. The molecule has 0 spiro atoms. The van der Waals surface area contributed by atoms with E-state index in [1.54, 1.807) is 0 Å². The first-order valence-electron chi connectivity index (χ1n) is 8.12. The molecule has 0 aliphatic carbocycles. The van der Waals surface area contributed by atoms with Gasteiger partial charge in [0.15, 0.2) is 0 Å². The van der Waals surface area contributed by atoms with Gasteiger partial charge < -0.3 is 14.6 Å². The highest BCUT2D eigenvalue weighted by Gasteiger charge is 2.26. The zero-order valence-corrected chi connectivity index (χ0v) is 13.4. The normalized spacial score (nSPS) is 17.6. The van der Waals surface area contributed by atoms with Crippen LogP contribution in [0.15, 0.2) is 24.3 Å². The van der Waals surface area contributed by atoms with Crippen molar-refractivity contribution in [3.8, 4) is 5.75 Å². The van der Waals surface area contributed by atoms with E-state index in [0.717, 1.165) is 37.3 Å². The number of aromatic nitrogens is 3. The minimum atomic E-state index is -0.102. The van der Waals surface area contributed by atoms with E-state index in [4.69, 9.17) is 9.47 Å². The van der Waals surface area contributed by atoms with Crippen molar-refractivity contribution in [2.75, 3.05) is 13.2 Å². The maximum Gasteiger partial charge on any atom is 0.119 e. The second-order valence-corrected chi connectivity index (χ2v) is 5.82. The number of hydrogen-bond acceptors (Lipinski definition) is 5. The molecule has 1 aromatic heterocycles. The Morgan fingerprint density at radius 1 is 1.43 bits per heavy atom. The van der Waals surface area contributed by atoms with Gasteiger partial charge in [-0.15, -0.1) is 5.10 Å². The molecule has 0 saturated carbocycles. The lowest BCUT2D eigenvalue weighted by Gasteiger charge is -2.13. The molecule has 2 aromatic rings. The summed E-state index contributed by atoms with van der Waals surface area (Å²) in [6.45, 7) is 4.02. The highest BCUT2D eigenvalue weighted by molar-refractivity contribution is 5.27. The molecule has 23 heavy (non-hydrogen) atoms. The molecule has 1 N–H and O–H groups in total. The Bertz CT molecular complexity index is 636. The van der Waals surface area contributed by atoms with Gasteiger partial charge in [-0.1, -0.05) is 17.3 Å². The number of hydrogen-bond donors (Lipinski definition) is 1. The summed E-state index contributed by atoms with van der Waals surface area (Å²) in [6.07, 6.45) is 2.82. The molecule has 1 aliphatic heterocycles. The zero-order chi connectivity index (χ0) is 16.1. The first-order valence-corrected chi connectivity index (χ1v) is 8.12. The maximum atomic E-state index is 9.44. The summed E-state index contributed by atoms with van der Waals surface area (Å²) in [6, 6.07) is 8.03. The molecule has 124 valence electrons. The minimum Gasteiger partial charge on any atom is -0.494 e. The van der Waals surface area contributed by atoms with Crippen molar-refractivity contribution in [1.29, 1.82) is 0 Å². The Hall–Kier alpha value is -1.92. The van der Waals surface area contributed by atoms with Crippen LogP contribution in [0.25, 0.3) is 0 Å². The molecule has 6 nitrogen and oxygen atoms in total. The number of aliphatic hydroxyl groups is 1. The lowest BCUT2D eigenvalue weighted by atomic mass is 10.1. The summed E-state index contributed by atoms with van der Waals surface area (Å²) < 4.78 is 13.3. The van der Waals surface area contributed by atoms with Gasteiger partial charge in [0, 0.05) is 19.6 Å². The number of rotatable bonds is 7. The van der Waals surface area contributed by atoms with E-state index in [9.17, 15) is 5.11 Å². The number of benzene rings is 1. The van der Waals surface area contributed by atoms with Gasteiger partial charge in [0.25, 0.3) is 0 Å². The summed E-state index contributed by atoms with van der Waals surface area (Å²) in [4.78, 5) is 0. The van der Waals surface area contributed by atoms with Gasteiger partial charge in [0.05, 0.1) is 18.9 Å². The van der Waals surface area contributed by atoms with Crippen LogP contribution in [0.3, 0.4) is 0 Å². The maximum absolute atomic E-state index is 9.44.